The number of hydrogen-bond acceptors (Lipinski definition) is 3. The van der Waals surface area contributed by atoms with Crippen LogP contribution in [0.3, 0.4) is 0 Å². The number of amides is 2. The zero-order chi connectivity index (χ0) is 17.8. The summed E-state index contributed by atoms with van der Waals surface area (Å²) in [6.07, 6.45) is 0. The average Bonchev–Trinajstić information content (AvgIpc) is 2.98. The van der Waals surface area contributed by atoms with E-state index in [2.05, 4.69) is 5.32 Å². The van der Waals surface area contributed by atoms with Crippen molar-refractivity contribution in [2.24, 2.45) is 0 Å². The Kier molecular flexibility index (Phi) is 5.46. The molecule has 0 aliphatic carbocycles. The summed E-state index contributed by atoms with van der Waals surface area (Å²) in [6.45, 7) is 0.761. The van der Waals surface area contributed by atoms with Crippen molar-refractivity contribution in [1.29, 1.82) is 0 Å². The highest BCUT2D eigenvalue weighted by Gasteiger charge is 2.34. The predicted molar refractivity (Wildman–Crippen MR) is 95.4 cm³/mol. The molecule has 2 amide bonds. The molecule has 7 heteroatoms. The first kappa shape index (κ1) is 17.6. The SMILES string of the molecule is O=C(OCc1ccccc1)[C@@H]1CN(Cc2ccc(Cl)c(Cl)c2)C(=O)N1. The number of ether oxygens (including phenoxy) is 1. The van der Waals surface area contributed by atoms with E-state index in [0.29, 0.717) is 16.6 Å². The van der Waals surface area contributed by atoms with Crippen molar-refractivity contribution >= 4 is 35.2 Å². The maximum atomic E-state index is 12.2. The zero-order valence-corrected chi connectivity index (χ0v) is 14.8. The third-order valence-electron chi connectivity index (χ3n) is 3.85. The van der Waals surface area contributed by atoms with Crippen LogP contribution in [0.2, 0.25) is 10.0 Å². The lowest BCUT2D eigenvalue weighted by molar-refractivity contribution is -0.146. The van der Waals surface area contributed by atoms with Crippen LogP contribution in [-0.4, -0.2) is 29.5 Å². The van der Waals surface area contributed by atoms with Gasteiger partial charge in [-0.3, -0.25) is 0 Å². The standard InChI is InChI=1S/C18H16Cl2N2O3/c19-14-7-6-13(8-15(14)20)9-22-10-16(21-18(22)24)17(23)25-11-12-4-2-1-3-5-12/h1-8,16H,9-11H2,(H,21,24)/t16-/m0/s1. The highest BCUT2D eigenvalue weighted by Crippen LogP contribution is 2.23. The molecular weight excluding hydrogens is 363 g/mol. The summed E-state index contributed by atoms with van der Waals surface area (Å²) in [5.74, 6) is -0.450. The summed E-state index contributed by atoms with van der Waals surface area (Å²) in [4.78, 5) is 25.8. The van der Waals surface area contributed by atoms with E-state index < -0.39 is 12.0 Å². The van der Waals surface area contributed by atoms with E-state index in [9.17, 15) is 9.59 Å². The van der Waals surface area contributed by atoms with Crippen LogP contribution in [0.25, 0.3) is 0 Å². The molecule has 1 N–H and O–H groups in total. The van der Waals surface area contributed by atoms with E-state index in [-0.39, 0.29) is 19.2 Å². The van der Waals surface area contributed by atoms with Crippen LogP contribution in [0.5, 0.6) is 0 Å². The number of urea groups is 1. The molecule has 0 radical (unpaired) electrons. The first-order valence-corrected chi connectivity index (χ1v) is 8.48. The zero-order valence-electron chi connectivity index (χ0n) is 13.2. The fourth-order valence-corrected chi connectivity index (χ4v) is 2.87. The second-order valence-corrected chi connectivity index (χ2v) is 6.54. The maximum Gasteiger partial charge on any atom is 0.330 e. The number of nitrogens with zero attached hydrogens (tertiary/aromatic N) is 1. The third kappa shape index (κ3) is 4.44. The Hall–Kier alpha value is -2.24. The van der Waals surface area contributed by atoms with Crippen molar-refractivity contribution in [2.45, 2.75) is 19.2 Å². The monoisotopic (exact) mass is 378 g/mol. The molecule has 2 aromatic carbocycles. The van der Waals surface area contributed by atoms with Gasteiger partial charge in [-0.1, -0.05) is 59.6 Å². The summed E-state index contributed by atoms with van der Waals surface area (Å²) < 4.78 is 5.27. The van der Waals surface area contributed by atoms with Crippen LogP contribution in [0.1, 0.15) is 11.1 Å². The second kappa shape index (κ2) is 7.76. The number of esters is 1. The minimum Gasteiger partial charge on any atom is -0.459 e. The van der Waals surface area contributed by atoms with Crippen molar-refractivity contribution in [2.75, 3.05) is 6.54 Å². The summed E-state index contributed by atoms with van der Waals surface area (Å²) in [5.41, 5.74) is 1.73. The molecule has 1 aliphatic rings. The molecule has 1 aliphatic heterocycles. The van der Waals surface area contributed by atoms with Gasteiger partial charge in [-0.25, -0.2) is 9.59 Å². The molecule has 1 heterocycles. The van der Waals surface area contributed by atoms with Crippen molar-refractivity contribution < 1.29 is 14.3 Å². The van der Waals surface area contributed by atoms with Gasteiger partial charge < -0.3 is 15.0 Å². The number of nitrogens with one attached hydrogen (secondary N) is 1. The molecule has 0 saturated carbocycles. The minimum absolute atomic E-state index is 0.179. The van der Waals surface area contributed by atoms with E-state index in [1.165, 1.54) is 4.90 Å². The molecule has 1 atom stereocenters. The lowest BCUT2D eigenvalue weighted by atomic mass is 10.2. The summed E-state index contributed by atoms with van der Waals surface area (Å²) in [6, 6.07) is 13.6. The third-order valence-corrected chi connectivity index (χ3v) is 4.59. The molecule has 1 fully saturated rings. The Bertz CT molecular complexity index is 783. The van der Waals surface area contributed by atoms with Crippen LogP contribution >= 0.6 is 23.2 Å². The number of carbonyl (C=O) groups is 2. The number of rotatable bonds is 5. The van der Waals surface area contributed by atoms with Gasteiger partial charge in [0.15, 0.2) is 0 Å². The fourth-order valence-electron chi connectivity index (χ4n) is 2.55. The van der Waals surface area contributed by atoms with Gasteiger partial charge in [0.25, 0.3) is 0 Å². The molecule has 5 nitrogen and oxygen atoms in total. The van der Waals surface area contributed by atoms with E-state index in [0.717, 1.165) is 11.1 Å². The Labute approximate surface area is 155 Å². The van der Waals surface area contributed by atoms with Crippen LogP contribution < -0.4 is 5.32 Å². The lowest BCUT2D eigenvalue weighted by Gasteiger charge is -2.15. The first-order valence-electron chi connectivity index (χ1n) is 7.73. The number of hydrogen-bond donors (Lipinski definition) is 1. The minimum atomic E-state index is -0.681. The molecule has 130 valence electrons. The molecule has 3 rings (SSSR count). The Morgan fingerprint density at radius 1 is 1.12 bits per heavy atom. The Balaban J connectivity index is 1.56. The molecule has 0 bridgehead atoms. The fraction of sp³-hybridized carbons (Fsp3) is 0.222. The van der Waals surface area contributed by atoms with Gasteiger partial charge in [0.1, 0.15) is 12.6 Å². The molecule has 0 unspecified atom stereocenters. The largest absolute Gasteiger partial charge is 0.459 e. The van der Waals surface area contributed by atoms with Crippen molar-refractivity contribution in [3.8, 4) is 0 Å². The maximum absolute atomic E-state index is 12.2. The Morgan fingerprint density at radius 2 is 1.88 bits per heavy atom. The van der Waals surface area contributed by atoms with Crippen LogP contribution in [0.4, 0.5) is 4.79 Å². The number of carbonyl (C=O) groups excluding carboxylic acids is 2. The van der Waals surface area contributed by atoms with Crippen molar-refractivity contribution in [3.05, 3.63) is 69.7 Å². The predicted octanol–water partition coefficient (Wildman–Crippen LogP) is 3.63. The van der Waals surface area contributed by atoms with E-state index >= 15 is 0 Å². The van der Waals surface area contributed by atoms with Gasteiger partial charge in [0.2, 0.25) is 0 Å². The highest BCUT2D eigenvalue weighted by atomic mass is 35.5. The molecular formula is C18H16Cl2N2O3. The molecule has 2 aromatic rings. The summed E-state index contributed by atoms with van der Waals surface area (Å²) >= 11 is 11.9. The smallest absolute Gasteiger partial charge is 0.330 e. The van der Waals surface area contributed by atoms with Gasteiger partial charge in [-0.15, -0.1) is 0 Å². The highest BCUT2D eigenvalue weighted by molar-refractivity contribution is 6.42. The van der Waals surface area contributed by atoms with Crippen molar-refractivity contribution in [1.82, 2.24) is 10.2 Å². The normalized spacial score (nSPS) is 16.6. The molecule has 0 spiro atoms. The van der Waals surface area contributed by atoms with E-state index in [1.54, 1.807) is 18.2 Å². The molecule has 0 aromatic heterocycles. The van der Waals surface area contributed by atoms with Crippen LogP contribution in [0.15, 0.2) is 48.5 Å². The van der Waals surface area contributed by atoms with Gasteiger partial charge >= 0.3 is 12.0 Å². The lowest BCUT2D eigenvalue weighted by Crippen LogP contribution is -2.35. The molecule has 25 heavy (non-hydrogen) atoms. The molecule has 1 saturated heterocycles. The summed E-state index contributed by atoms with van der Waals surface area (Å²) in [5, 5.41) is 3.53. The van der Waals surface area contributed by atoms with Gasteiger partial charge in [-0.05, 0) is 23.3 Å². The summed E-state index contributed by atoms with van der Waals surface area (Å²) in [7, 11) is 0. The second-order valence-electron chi connectivity index (χ2n) is 5.72. The number of halogens is 2. The van der Waals surface area contributed by atoms with E-state index in [4.69, 9.17) is 27.9 Å². The van der Waals surface area contributed by atoms with Gasteiger partial charge in [0, 0.05) is 6.54 Å². The van der Waals surface area contributed by atoms with Gasteiger partial charge in [0.05, 0.1) is 16.6 Å². The van der Waals surface area contributed by atoms with Crippen LogP contribution in [0, 0.1) is 0 Å². The van der Waals surface area contributed by atoms with Crippen LogP contribution in [-0.2, 0) is 22.7 Å². The first-order chi connectivity index (χ1) is 12.0. The van der Waals surface area contributed by atoms with Crippen molar-refractivity contribution in [3.63, 3.8) is 0 Å². The Morgan fingerprint density at radius 3 is 2.60 bits per heavy atom. The average molecular weight is 379 g/mol. The number of benzene rings is 2. The topological polar surface area (TPSA) is 58.6 Å². The quantitative estimate of drug-likeness (QED) is 0.808. The van der Waals surface area contributed by atoms with Gasteiger partial charge in [-0.2, -0.15) is 0 Å². The van der Waals surface area contributed by atoms with E-state index in [1.807, 2.05) is 30.3 Å².